The molecule has 5 heteroatoms. The predicted octanol–water partition coefficient (Wildman–Crippen LogP) is 6.10. The van der Waals surface area contributed by atoms with Crippen LogP contribution in [0.2, 0.25) is 10.0 Å². The summed E-state index contributed by atoms with van der Waals surface area (Å²) in [7, 11) is 0. The van der Waals surface area contributed by atoms with Crippen LogP contribution in [0, 0.1) is 17.6 Å². The number of halogens is 4. The van der Waals surface area contributed by atoms with Crippen LogP contribution in [0.25, 0.3) is 0 Å². The Morgan fingerprint density at radius 3 is 2.65 bits per heavy atom. The lowest BCUT2D eigenvalue weighted by atomic mass is 9.77. The third kappa shape index (κ3) is 2.43. The molecule has 0 fully saturated rings. The smallest absolute Gasteiger partial charge is 0.149 e. The van der Waals surface area contributed by atoms with E-state index in [1.807, 2.05) is 18.2 Å². The van der Waals surface area contributed by atoms with Crippen molar-refractivity contribution in [2.45, 2.75) is 18.4 Å². The molecule has 4 rings (SSSR count). The molecular formula is C18H13Cl2F2N. The Bertz CT molecular complexity index is 819. The number of hydrogen-bond donors (Lipinski definition) is 1. The highest BCUT2D eigenvalue weighted by molar-refractivity contribution is 6.42. The van der Waals surface area contributed by atoms with Crippen LogP contribution < -0.4 is 5.32 Å². The second-order valence-corrected chi connectivity index (χ2v) is 6.82. The van der Waals surface area contributed by atoms with E-state index in [-0.39, 0.29) is 17.9 Å². The van der Waals surface area contributed by atoms with Gasteiger partial charge in [-0.1, -0.05) is 41.4 Å². The Labute approximate surface area is 142 Å². The third-order valence-electron chi connectivity index (χ3n) is 4.69. The van der Waals surface area contributed by atoms with E-state index < -0.39 is 11.6 Å². The lowest BCUT2D eigenvalue weighted by molar-refractivity contribution is 0.418. The van der Waals surface area contributed by atoms with Gasteiger partial charge < -0.3 is 5.32 Å². The minimum atomic E-state index is -0.566. The van der Waals surface area contributed by atoms with E-state index in [4.69, 9.17) is 23.2 Å². The largest absolute Gasteiger partial charge is 0.375 e. The maximum absolute atomic E-state index is 14.2. The minimum Gasteiger partial charge on any atom is -0.375 e. The van der Waals surface area contributed by atoms with Gasteiger partial charge >= 0.3 is 0 Å². The van der Waals surface area contributed by atoms with Crippen LogP contribution in [0.3, 0.4) is 0 Å². The summed E-state index contributed by atoms with van der Waals surface area (Å²) in [5, 5.41) is 4.20. The molecule has 2 aromatic carbocycles. The van der Waals surface area contributed by atoms with Crippen molar-refractivity contribution < 1.29 is 8.78 Å². The summed E-state index contributed by atoms with van der Waals surface area (Å²) in [6.07, 6.45) is 4.95. The van der Waals surface area contributed by atoms with Crippen LogP contribution in [0.5, 0.6) is 0 Å². The predicted molar refractivity (Wildman–Crippen MR) is 89.2 cm³/mol. The lowest BCUT2D eigenvalue weighted by Crippen LogP contribution is -2.29. The van der Waals surface area contributed by atoms with Gasteiger partial charge in [-0.05, 0) is 41.7 Å². The van der Waals surface area contributed by atoms with Gasteiger partial charge in [0.05, 0.1) is 21.8 Å². The fourth-order valence-electron chi connectivity index (χ4n) is 3.66. The zero-order valence-electron chi connectivity index (χ0n) is 12.0. The van der Waals surface area contributed by atoms with Crippen molar-refractivity contribution in [2.75, 3.05) is 5.32 Å². The van der Waals surface area contributed by atoms with Gasteiger partial charge in [0.2, 0.25) is 0 Å². The first-order chi connectivity index (χ1) is 11.0. The molecule has 1 N–H and O–H groups in total. The molecule has 118 valence electrons. The van der Waals surface area contributed by atoms with E-state index in [0.29, 0.717) is 21.3 Å². The third-order valence-corrected chi connectivity index (χ3v) is 5.43. The Kier molecular flexibility index (Phi) is 3.58. The van der Waals surface area contributed by atoms with E-state index in [2.05, 4.69) is 11.4 Å². The molecule has 0 unspecified atom stereocenters. The molecule has 0 saturated carbocycles. The second-order valence-electron chi connectivity index (χ2n) is 6.00. The molecule has 0 radical (unpaired) electrons. The standard InChI is InChI=1S/C18H13Cl2F2N/c19-14-5-4-9(6-15(14)20)17-12-3-1-2-11(12)13-7-10(21)8-16(22)18(13)23-17/h1-2,4-8,11-12,17,23H,3H2/t11-,12+,17+/m1/s1. The molecule has 0 aromatic heterocycles. The summed E-state index contributed by atoms with van der Waals surface area (Å²) in [4.78, 5) is 0. The van der Waals surface area contributed by atoms with Crippen LogP contribution in [0.15, 0.2) is 42.5 Å². The number of fused-ring (bicyclic) bond motifs is 3. The van der Waals surface area contributed by atoms with E-state index in [0.717, 1.165) is 18.1 Å². The molecule has 1 aliphatic heterocycles. The molecule has 23 heavy (non-hydrogen) atoms. The maximum atomic E-state index is 14.2. The molecule has 1 nitrogen and oxygen atoms in total. The van der Waals surface area contributed by atoms with E-state index in [1.54, 1.807) is 6.07 Å². The lowest BCUT2D eigenvalue weighted by Gasteiger charge is -2.37. The number of hydrogen-bond acceptors (Lipinski definition) is 1. The van der Waals surface area contributed by atoms with Crippen molar-refractivity contribution in [3.8, 4) is 0 Å². The summed E-state index contributed by atoms with van der Waals surface area (Å²) in [6.45, 7) is 0. The van der Waals surface area contributed by atoms with Crippen molar-refractivity contribution >= 4 is 28.9 Å². The van der Waals surface area contributed by atoms with Gasteiger partial charge in [-0.15, -0.1) is 0 Å². The minimum absolute atomic E-state index is 0.00379. The molecule has 3 atom stereocenters. The Hall–Kier alpha value is -1.58. The van der Waals surface area contributed by atoms with Crippen LogP contribution in [-0.2, 0) is 0 Å². The summed E-state index contributed by atoms with van der Waals surface area (Å²) in [6, 6.07) is 7.68. The highest BCUT2D eigenvalue weighted by Gasteiger charge is 2.39. The molecule has 0 saturated heterocycles. The average Bonchev–Trinajstić information content (AvgIpc) is 2.99. The summed E-state index contributed by atoms with van der Waals surface area (Å²) in [5.41, 5.74) is 2.00. The van der Waals surface area contributed by atoms with E-state index >= 15 is 0 Å². The number of nitrogens with one attached hydrogen (secondary N) is 1. The van der Waals surface area contributed by atoms with Crippen LogP contribution >= 0.6 is 23.2 Å². The quantitative estimate of drug-likeness (QED) is 0.612. The number of benzene rings is 2. The summed E-state index contributed by atoms with van der Waals surface area (Å²) < 4.78 is 27.9. The monoisotopic (exact) mass is 351 g/mol. The van der Waals surface area contributed by atoms with Gasteiger partial charge in [-0.2, -0.15) is 0 Å². The number of anilines is 1. The first-order valence-electron chi connectivity index (χ1n) is 7.41. The van der Waals surface area contributed by atoms with Crippen LogP contribution in [0.4, 0.5) is 14.5 Å². The van der Waals surface area contributed by atoms with Crippen LogP contribution in [0.1, 0.15) is 29.5 Å². The molecule has 2 aromatic rings. The Morgan fingerprint density at radius 2 is 1.87 bits per heavy atom. The molecule has 0 bridgehead atoms. The molecule has 0 amide bonds. The first kappa shape index (κ1) is 15.0. The topological polar surface area (TPSA) is 12.0 Å². The zero-order valence-corrected chi connectivity index (χ0v) is 13.5. The highest BCUT2D eigenvalue weighted by atomic mass is 35.5. The van der Waals surface area contributed by atoms with Crippen LogP contribution in [-0.4, -0.2) is 0 Å². The van der Waals surface area contributed by atoms with Gasteiger partial charge in [-0.25, -0.2) is 8.78 Å². The fourth-order valence-corrected chi connectivity index (χ4v) is 3.96. The van der Waals surface area contributed by atoms with Crippen molar-refractivity contribution in [3.05, 3.63) is 75.3 Å². The van der Waals surface area contributed by atoms with Crippen molar-refractivity contribution in [1.29, 1.82) is 0 Å². The Balaban J connectivity index is 1.82. The molecular weight excluding hydrogens is 339 g/mol. The van der Waals surface area contributed by atoms with Gasteiger partial charge in [0, 0.05) is 12.0 Å². The number of rotatable bonds is 1. The highest BCUT2D eigenvalue weighted by Crippen LogP contribution is 2.50. The SMILES string of the molecule is Fc1cc(F)c2c(c1)[C@@H]1C=CC[C@@H]1[C@H](c1ccc(Cl)c(Cl)c1)N2. The average molecular weight is 352 g/mol. The number of allylic oxidation sites excluding steroid dienone is 2. The van der Waals surface area contributed by atoms with Crippen molar-refractivity contribution in [2.24, 2.45) is 5.92 Å². The van der Waals surface area contributed by atoms with Gasteiger partial charge in [0.15, 0.2) is 0 Å². The van der Waals surface area contributed by atoms with Crippen molar-refractivity contribution in [3.63, 3.8) is 0 Å². The maximum Gasteiger partial charge on any atom is 0.149 e. The Morgan fingerprint density at radius 1 is 1.04 bits per heavy atom. The molecule has 1 aliphatic carbocycles. The van der Waals surface area contributed by atoms with E-state index in [1.165, 1.54) is 6.07 Å². The van der Waals surface area contributed by atoms with Gasteiger partial charge in [0.1, 0.15) is 11.6 Å². The van der Waals surface area contributed by atoms with Gasteiger partial charge in [-0.3, -0.25) is 0 Å². The zero-order chi connectivity index (χ0) is 16.1. The summed E-state index contributed by atoms with van der Waals surface area (Å²) in [5.74, 6) is -0.921. The normalized spacial score (nSPS) is 25.0. The van der Waals surface area contributed by atoms with Gasteiger partial charge in [0.25, 0.3) is 0 Å². The fraction of sp³-hybridized carbons (Fsp3) is 0.222. The summed E-state index contributed by atoms with van der Waals surface area (Å²) >= 11 is 12.1. The molecule has 2 aliphatic rings. The second kappa shape index (κ2) is 5.50. The molecule has 0 spiro atoms. The molecule has 1 heterocycles. The first-order valence-corrected chi connectivity index (χ1v) is 8.17. The van der Waals surface area contributed by atoms with Crippen molar-refractivity contribution in [1.82, 2.24) is 0 Å². The van der Waals surface area contributed by atoms with E-state index in [9.17, 15) is 8.78 Å².